The molecule has 0 saturated heterocycles. The van der Waals surface area contributed by atoms with Crippen LogP contribution in [0.15, 0.2) is 49.1 Å². The number of fused-ring (bicyclic) bond motifs is 4. The molecular weight excluding hydrogens is 488 g/mol. The number of nitrogens with zero attached hydrogens (tertiary/aromatic N) is 1. The van der Waals surface area contributed by atoms with Gasteiger partial charge in [0.05, 0.1) is 37.3 Å². The number of imide groups is 1. The van der Waals surface area contributed by atoms with Crippen molar-refractivity contribution in [2.75, 3.05) is 0 Å². The lowest BCUT2D eigenvalue weighted by Crippen LogP contribution is -2.40. The second-order valence-corrected chi connectivity index (χ2v) is 9.63. The zero-order valence-electron chi connectivity index (χ0n) is 16.8. The summed E-state index contributed by atoms with van der Waals surface area (Å²) in [4.78, 5) is 28.6. The molecule has 0 bridgehead atoms. The van der Waals surface area contributed by atoms with Crippen LogP contribution in [0.25, 0.3) is 10.8 Å². The molecule has 5 rings (SSSR count). The summed E-state index contributed by atoms with van der Waals surface area (Å²) in [5.41, 5.74) is 2.14. The van der Waals surface area contributed by atoms with Gasteiger partial charge in [-0.3, -0.25) is 14.5 Å². The molecule has 7 heteroatoms. The molecular formula is C25H17Cl4NO2. The minimum absolute atomic E-state index is 0.0107. The van der Waals surface area contributed by atoms with Gasteiger partial charge in [0.2, 0.25) is 0 Å². The quantitative estimate of drug-likeness (QED) is 0.157. The molecule has 2 atom stereocenters. The number of carbonyl (C=O) groups excluding carboxylic acids is 2. The molecule has 1 aliphatic carbocycles. The molecule has 0 radical (unpaired) electrons. The molecule has 0 aromatic heterocycles. The van der Waals surface area contributed by atoms with E-state index in [1.165, 1.54) is 4.90 Å². The van der Waals surface area contributed by atoms with Crippen LogP contribution in [0, 0.1) is 5.92 Å². The van der Waals surface area contributed by atoms with Crippen molar-refractivity contribution in [3.05, 3.63) is 91.4 Å². The van der Waals surface area contributed by atoms with E-state index >= 15 is 0 Å². The van der Waals surface area contributed by atoms with Crippen molar-refractivity contribution in [2.24, 2.45) is 5.92 Å². The summed E-state index contributed by atoms with van der Waals surface area (Å²) in [5.74, 6) is -0.998. The Morgan fingerprint density at radius 3 is 2.16 bits per heavy atom. The van der Waals surface area contributed by atoms with Crippen LogP contribution in [0.4, 0.5) is 0 Å². The van der Waals surface area contributed by atoms with Gasteiger partial charge in [-0.15, -0.1) is 6.58 Å². The first-order chi connectivity index (χ1) is 15.4. The van der Waals surface area contributed by atoms with E-state index in [1.54, 1.807) is 0 Å². The van der Waals surface area contributed by atoms with Gasteiger partial charge < -0.3 is 0 Å². The van der Waals surface area contributed by atoms with E-state index in [0.29, 0.717) is 6.42 Å². The van der Waals surface area contributed by atoms with E-state index < -0.39 is 17.9 Å². The van der Waals surface area contributed by atoms with Crippen LogP contribution >= 0.6 is 46.4 Å². The maximum Gasteiger partial charge on any atom is 0.263 e. The first kappa shape index (κ1) is 21.8. The third-order valence-corrected chi connectivity index (χ3v) is 8.27. The van der Waals surface area contributed by atoms with Crippen LogP contribution in [-0.4, -0.2) is 16.7 Å². The normalized spacial score (nSPS) is 19.9. The number of hydrogen-bond acceptors (Lipinski definition) is 2. The molecule has 3 nitrogen and oxygen atoms in total. The molecule has 3 aromatic carbocycles. The summed E-state index contributed by atoms with van der Waals surface area (Å²) >= 11 is 25.2. The molecule has 0 N–H and O–H groups in total. The van der Waals surface area contributed by atoms with Crippen LogP contribution in [0.2, 0.25) is 20.1 Å². The first-order valence-corrected chi connectivity index (χ1v) is 11.7. The average Bonchev–Trinajstić information content (AvgIpc) is 3.06. The first-order valence-electron chi connectivity index (χ1n) is 10.2. The Morgan fingerprint density at radius 2 is 1.53 bits per heavy atom. The molecule has 2 aliphatic rings. The Bertz CT molecular complexity index is 1290. The minimum Gasteiger partial charge on any atom is -0.268 e. The molecule has 2 unspecified atom stereocenters. The summed E-state index contributed by atoms with van der Waals surface area (Å²) in [5, 5.41) is 1.91. The summed E-state index contributed by atoms with van der Waals surface area (Å²) in [7, 11) is 0. The lowest BCUT2D eigenvalue weighted by atomic mass is 9.75. The van der Waals surface area contributed by atoms with Gasteiger partial charge in [-0.05, 0) is 47.1 Å². The minimum atomic E-state index is -0.504. The highest BCUT2D eigenvalue weighted by Gasteiger charge is 2.48. The average molecular weight is 505 g/mol. The summed E-state index contributed by atoms with van der Waals surface area (Å²) in [6.07, 6.45) is 4.17. The third kappa shape index (κ3) is 3.03. The Balaban J connectivity index is 1.77. The van der Waals surface area contributed by atoms with E-state index in [9.17, 15) is 9.59 Å². The fourth-order valence-electron chi connectivity index (χ4n) is 5.06. The highest BCUT2D eigenvalue weighted by Crippen LogP contribution is 2.50. The van der Waals surface area contributed by atoms with Crippen LogP contribution in [0.5, 0.6) is 0 Å². The van der Waals surface area contributed by atoms with E-state index in [4.69, 9.17) is 46.4 Å². The van der Waals surface area contributed by atoms with Crippen molar-refractivity contribution >= 4 is 69.0 Å². The summed E-state index contributed by atoms with van der Waals surface area (Å²) < 4.78 is 0. The SMILES string of the molecule is C=CCC1CCc2ccc3ccccc3c2C1N1C(=O)c2c(Cl)c(Cl)c(Cl)c(Cl)c2C1=O. The number of benzene rings is 3. The van der Waals surface area contributed by atoms with Crippen molar-refractivity contribution in [3.8, 4) is 0 Å². The van der Waals surface area contributed by atoms with Crippen LogP contribution in [-0.2, 0) is 6.42 Å². The molecule has 32 heavy (non-hydrogen) atoms. The van der Waals surface area contributed by atoms with Gasteiger partial charge >= 0.3 is 0 Å². The van der Waals surface area contributed by atoms with Crippen molar-refractivity contribution in [1.82, 2.24) is 4.90 Å². The zero-order valence-corrected chi connectivity index (χ0v) is 19.8. The van der Waals surface area contributed by atoms with Gasteiger partial charge in [-0.2, -0.15) is 0 Å². The van der Waals surface area contributed by atoms with E-state index in [-0.39, 0.29) is 37.1 Å². The molecule has 2 amide bonds. The fourth-order valence-corrected chi connectivity index (χ4v) is 6.08. The second kappa shape index (κ2) is 8.07. The van der Waals surface area contributed by atoms with Gasteiger partial charge in [-0.25, -0.2) is 0 Å². The fraction of sp³-hybridized carbons (Fsp3) is 0.200. The van der Waals surface area contributed by atoms with Gasteiger partial charge in [0.25, 0.3) is 11.8 Å². The predicted molar refractivity (Wildman–Crippen MR) is 130 cm³/mol. The van der Waals surface area contributed by atoms with E-state index in [1.807, 2.05) is 30.3 Å². The molecule has 162 valence electrons. The van der Waals surface area contributed by atoms with E-state index in [2.05, 4.69) is 18.7 Å². The van der Waals surface area contributed by atoms with Crippen LogP contribution < -0.4 is 0 Å². The summed E-state index contributed by atoms with van der Waals surface area (Å²) in [6, 6.07) is 11.7. The third-order valence-electron chi connectivity index (χ3n) is 6.47. The van der Waals surface area contributed by atoms with Gasteiger partial charge in [0, 0.05) is 0 Å². The Morgan fingerprint density at radius 1 is 0.906 bits per heavy atom. The Kier molecular flexibility index (Phi) is 5.50. The number of aryl methyl sites for hydroxylation is 1. The van der Waals surface area contributed by atoms with E-state index in [0.717, 1.165) is 34.7 Å². The lowest BCUT2D eigenvalue weighted by molar-refractivity contribution is 0.0508. The molecule has 1 aliphatic heterocycles. The maximum atomic E-state index is 13.7. The Hall–Kier alpha value is -2.04. The van der Waals surface area contributed by atoms with Crippen LogP contribution in [0.3, 0.4) is 0 Å². The molecule has 0 fully saturated rings. The summed E-state index contributed by atoms with van der Waals surface area (Å²) in [6.45, 7) is 3.90. The van der Waals surface area contributed by atoms with Crippen molar-refractivity contribution < 1.29 is 9.59 Å². The standard InChI is InChI=1S/C25H17Cl4NO2/c1-2-5-14-11-10-13-9-8-12-6-3-4-7-15(12)16(13)23(14)30-24(31)17-18(25(30)32)20(27)22(29)21(28)19(17)26/h2-4,6-9,14,23H,1,5,10-11H2. The number of hydrogen-bond donors (Lipinski definition) is 0. The van der Waals surface area contributed by atoms with Gasteiger partial charge in [0.15, 0.2) is 0 Å². The predicted octanol–water partition coefficient (Wildman–Crippen LogP) is 7.93. The number of rotatable bonds is 3. The number of halogens is 4. The smallest absolute Gasteiger partial charge is 0.263 e. The Labute approximate surface area is 205 Å². The molecule has 1 heterocycles. The highest BCUT2D eigenvalue weighted by molar-refractivity contribution is 6.55. The van der Waals surface area contributed by atoms with Gasteiger partial charge in [0.1, 0.15) is 0 Å². The largest absolute Gasteiger partial charge is 0.268 e. The van der Waals surface area contributed by atoms with Crippen molar-refractivity contribution in [3.63, 3.8) is 0 Å². The van der Waals surface area contributed by atoms with Gasteiger partial charge in [-0.1, -0.05) is 88.9 Å². The topological polar surface area (TPSA) is 37.4 Å². The molecule has 0 saturated carbocycles. The molecule has 3 aromatic rings. The number of allylic oxidation sites excluding steroid dienone is 1. The number of amides is 2. The molecule has 0 spiro atoms. The lowest BCUT2D eigenvalue weighted by Gasteiger charge is -2.39. The van der Waals surface area contributed by atoms with Crippen molar-refractivity contribution in [1.29, 1.82) is 0 Å². The number of carbonyl (C=O) groups is 2. The maximum absolute atomic E-state index is 13.7. The highest BCUT2D eigenvalue weighted by atomic mass is 35.5. The van der Waals surface area contributed by atoms with Crippen LogP contribution in [0.1, 0.15) is 50.7 Å². The van der Waals surface area contributed by atoms with Crippen molar-refractivity contribution in [2.45, 2.75) is 25.3 Å². The zero-order chi connectivity index (χ0) is 22.7. The second-order valence-electron chi connectivity index (χ2n) is 8.11. The monoisotopic (exact) mass is 503 g/mol.